The quantitative estimate of drug-likeness (QED) is 0.801. The number of benzene rings is 1. The van der Waals surface area contributed by atoms with Crippen LogP contribution in [0.1, 0.15) is 10.4 Å². The standard InChI is InChI=1S/C13H17FN2O4/c1-19-11-5-16(6-12(11)20-2)10-3-7(13(17)18)9(15)4-8(10)14/h3-4,11-12H,5-6,15H2,1-2H3,(H,17,18). The number of anilines is 2. The van der Waals surface area contributed by atoms with Crippen LogP contribution in [0.5, 0.6) is 0 Å². The number of rotatable bonds is 4. The summed E-state index contributed by atoms with van der Waals surface area (Å²) in [5, 5.41) is 9.05. The van der Waals surface area contributed by atoms with E-state index in [-0.39, 0.29) is 29.1 Å². The molecule has 0 radical (unpaired) electrons. The molecule has 1 heterocycles. The van der Waals surface area contributed by atoms with Crippen LogP contribution in [0.3, 0.4) is 0 Å². The van der Waals surface area contributed by atoms with Crippen molar-refractivity contribution in [1.82, 2.24) is 0 Å². The molecule has 1 fully saturated rings. The average molecular weight is 284 g/mol. The first kappa shape index (κ1) is 14.5. The molecule has 3 N–H and O–H groups in total. The third kappa shape index (κ3) is 2.54. The molecule has 0 spiro atoms. The van der Waals surface area contributed by atoms with E-state index in [0.29, 0.717) is 13.1 Å². The number of methoxy groups -OCH3 is 2. The number of hydrogen-bond donors (Lipinski definition) is 2. The minimum absolute atomic E-state index is 0.0930. The Morgan fingerprint density at radius 3 is 2.35 bits per heavy atom. The van der Waals surface area contributed by atoms with Crippen LogP contribution in [0.2, 0.25) is 0 Å². The number of nitrogen functional groups attached to an aromatic ring is 1. The van der Waals surface area contributed by atoms with Gasteiger partial charge in [0.05, 0.1) is 11.3 Å². The van der Waals surface area contributed by atoms with Crippen molar-refractivity contribution < 1.29 is 23.8 Å². The highest BCUT2D eigenvalue weighted by atomic mass is 19.1. The van der Waals surface area contributed by atoms with Gasteiger partial charge in [0.2, 0.25) is 0 Å². The fraction of sp³-hybridized carbons (Fsp3) is 0.462. The second kappa shape index (κ2) is 5.64. The number of carboxylic acids is 1. The first-order valence-corrected chi connectivity index (χ1v) is 6.10. The second-order valence-electron chi connectivity index (χ2n) is 4.65. The highest BCUT2D eigenvalue weighted by molar-refractivity contribution is 5.95. The largest absolute Gasteiger partial charge is 0.478 e. The second-order valence-corrected chi connectivity index (χ2v) is 4.65. The number of nitrogens with zero attached hydrogens (tertiary/aromatic N) is 1. The predicted octanol–water partition coefficient (Wildman–Crippen LogP) is 0.956. The van der Waals surface area contributed by atoms with Crippen LogP contribution in [0.4, 0.5) is 15.8 Å². The van der Waals surface area contributed by atoms with E-state index in [2.05, 4.69) is 0 Å². The monoisotopic (exact) mass is 284 g/mol. The molecule has 0 bridgehead atoms. The summed E-state index contributed by atoms with van der Waals surface area (Å²) in [7, 11) is 3.12. The van der Waals surface area contributed by atoms with Crippen LogP contribution in [0.15, 0.2) is 12.1 Å². The molecule has 2 unspecified atom stereocenters. The molecule has 1 aromatic carbocycles. The van der Waals surface area contributed by atoms with Crippen molar-refractivity contribution in [1.29, 1.82) is 0 Å². The minimum Gasteiger partial charge on any atom is -0.478 e. The normalized spacial score (nSPS) is 22.2. The van der Waals surface area contributed by atoms with E-state index in [4.69, 9.17) is 20.3 Å². The lowest BCUT2D eigenvalue weighted by molar-refractivity contribution is -0.00461. The molecule has 0 aromatic heterocycles. The molecular weight excluding hydrogens is 267 g/mol. The highest BCUT2D eigenvalue weighted by Gasteiger charge is 2.34. The van der Waals surface area contributed by atoms with Gasteiger partial charge in [-0.2, -0.15) is 0 Å². The van der Waals surface area contributed by atoms with Crippen molar-refractivity contribution in [2.75, 3.05) is 37.9 Å². The van der Waals surface area contributed by atoms with Crippen molar-refractivity contribution in [3.63, 3.8) is 0 Å². The molecule has 0 amide bonds. The number of aromatic carboxylic acids is 1. The summed E-state index contributed by atoms with van der Waals surface area (Å²) in [6.07, 6.45) is -0.379. The molecule has 0 aliphatic carbocycles. The summed E-state index contributed by atoms with van der Waals surface area (Å²) in [4.78, 5) is 12.8. The van der Waals surface area contributed by atoms with Gasteiger partial charge in [0.1, 0.15) is 18.0 Å². The summed E-state index contributed by atoms with van der Waals surface area (Å²) in [6, 6.07) is 2.28. The fourth-order valence-electron chi connectivity index (χ4n) is 2.40. The Bertz CT molecular complexity index is 511. The molecule has 7 heteroatoms. The molecule has 1 aliphatic heterocycles. The number of halogens is 1. The van der Waals surface area contributed by atoms with Crippen LogP contribution in [-0.4, -0.2) is 50.6 Å². The molecular formula is C13H17FN2O4. The van der Waals surface area contributed by atoms with Crippen molar-refractivity contribution >= 4 is 17.3 Å². The summed E-state index contributed by atoms with van der Waals surface area (Å²) < 4.78 is 24.6. The summed E-state index contributed by atoms with van der Waals surface area (Å²) in [6.45, 7) is 0.851. The van der Waals surface area contributed by atoms with Gasteiger partial charge in [0.25, 0.3) is 0 Å². The smallest absolute Gasteiger partial charge is 0.337 e. The first-order chi connectivity index (χ1) is 9.47. The van der Waals surface area contributed by atoms with E-state index in [9.17, 15) is 9.18 Å². The van der Waals surface area contributed by atoms with Gasteiger partial charge in [0, 0.05) is 33.0 Å². The Balaban J connectivity index is 2.34. The number of carbonyl (C=O) groups is 1. The topological polar surface area (TPSA) is 85.0 Å². The molecule has 2 atom stereocenters. The van der Waals surface area contributed by atoms with E-state index >= 15 is 0 Å². The van der Waals surface area contributed by atoms with Gasteiger partial charge < -0.3 is 25.2 Å². The van der Waals surface area contributed by atoms with E-state index in [0.717, 1.165) is 6.07 Å². The fourth-order valence-corrected chi connectivity index (χ4v) is 2.40. The first-order valence-electron chi connectivity index (χ1n) is 6.10. The minimum atomic E-state index is -1.19. The summed E-state index contributed by atoms with van der Waals surface area (Å²) >= 11 is 0. The van der Waals surface area contributed by atoms with Gasteiger partial charge in [-0.3, -0.25) is 0 Å². The molecule has 1 saturated heterocycles. The Kier molecular flexibility index (Phi) is 4.10. The maximum atomic E-state index is 14.0. The average Bonchev–Trinajstić information content (AvgIpc) is 2.81. The van der Waals surface area contributed by atoms with Crippen molar-refractivity contribution in [3.8, 4) is 0 Å². The molecule has 1 aliphatic rings. The zero-order chi connectivity index (χ0) is 14.9. The lowest BCUT2D eigenvalue weighted by atomic mass is 10.1. The number of nitrogens with two attached hydrogens (primary N) is 1. The third-order valence-corrected chi connectivity index (χ3v) is 3.51. The third-order valence-electron chi connectivity index (χ3n) is 3.51. The highest BCUT2D eigenvalue weighted by Crippen LogP contribution is 2.29. The molecule has 6 nitrogen and oxygen atoms in total. The van der Waals surface area contributed by atoms with Gasteiger partial charge in [0.15, 0.2) is 0 Å². The Labute approximate surface area is 115 Å². The van der Waals surface area contributed by atoms with Crippen molar-refractivity contribution in [2.24, 2.45) is 0 Å². The molecule has 0 saturated carbocycles. The van der Waals surface area contributed by atoms with Crippen LogP contribution in [0.25, 0.3) is 0 Å². The molecule has 20 heavy (non-hydrogen) atoms. The van der Waals surface area contributed by atoms with E-state index in [1.165, 1.54) is 6.07 Å². The van der Waals surface area contributed by atoms with Crippen molar-refractivity contribution in [3.05, 3.63) is 23.5 Å². The summed E-state index contributed by atoms with van der Waals surface area (Å²) in [5.41, 5.74) is 5.49. The van der Waals surface area contributed by atoms with E-state index in [1.807, 2.05) is 0 Å². The predicted molar refractivity (Wildman–Crippen MR) is 71.6 cm³/mol. The number of carboxylic acid groups (broad SMARTS) is 1. The zero-order valence-corrected chi connectivity index (χ0v) is 11.3. The van der Waals surface area contributed by atoms with Crippen LogP contribution >= 0.6 is 0 Å². The lowest BCUT2D eigenvalue weighted by Crippen LogP contribution is -2.27. The van der Waals surface area contributed by atoms with Gasteiger partial charge in [-0.25, -0.2) is 9.18 Å². The Hall–Kier alpha value is -1.86. The number of hydrogen-bond acceptors (Lipinski definition) is 5. The SMILES string of the molecule is COC1CN(c2cc(C(=O)O)c(N)cc2F)CC1OC. The lowest BCUT2D eigenvalue weighted by Gasteiger charge is -2.20. The molecule has 1 aromatic rings. The van der Waals surface area contributed by atoms with Crippen LogP contribution < -0.4 is 10.6 Å². The van der Waals surface area contributed by atoms with Crippen LogP contribution in [-0.2, 0) is 9.47 Å². The summed E-state index contributed by atoms with van der Waals surface area (Å²) in [5.74, 6) is -1.74. The number of ether oxygens (including phenoxy) is 2. The maximum absolute atomic E-state index is 14.0. The molecule has 2 rings (SSSR count). The van der Waals surface area contributed by atoms with E-state index < -0.39 is 11.8 Å². The van der Waals surface area contributed by atoms with Gasteiger partial charge in [-0.15, -0.1) is 0 Å². The van der Waals surface area contributed by atoms with Gasteiger partial charge >= 0.3 is 5.97 Å². The molecule has 110 valence electrons. The van der Waals surface area contributed by atoms with Crippen molar-refractivity contribution in [2.45, 2.75) is 12.2 Å². The van der Waals surface area contributed by atoms with Gasteiger partial charge in [-0.05, 0) is 12.1 Å². The zero-order valence-electron chi connectivity index (χ0n) is 11.3. The maximum Gasteiger partial charge on any atom is 0.337 e. The van der Waals surface area contributed by atoms with E-state index in [1.54, 1.807) is 19.1 Å². The van der Waals surface area contributed by atoms with Gasteiger partial charge in [-0.1, -0.05) is 0 Å². The van der Waals surface area contributed by atoms with Crippen LogP contribution in [0, 0.1) is 5.82 Å². The Morgan fingerprint density at radius 2 is 1.90 bits per heavy atom. The Morgan fingerprint density at radius 1 is 1.35 bits per heavy atom.